The van der Waals surface area contributed by atoms with Gasteiger partial charge < -0.3 is 16.4 Å². The second kappa shape index (κ2) is 7.14. The summed E-state index contributed by atoms with van der Waals surface area (Å²) >= 11 is 5.88. The fraction of sp³-hybridized carbons (Fsp3) is 0.417. The van der Waals surface area contributed by atoms with Gasteiger partial charge in [-0.15, -0.1) is 0 Å². The van der Waals surface area contributed by atoms with Gasteiger partial charge in [0.2, 0.25) is 5.91 Å². The maximum Gasteiger partial charge on any atom is 0.222 e. The Labute approximate surface area is 107 Å². The molecule has 0 saturated carbocycles. The average Bonchev–Trinajstić information content (AvgIpc) is 2.28. The first-order valence-electron chi connectivity index (χ1n) is 5.64. The molecule has 0 aliphatic rings. The quantitative estimate of drug-likeness (QED) is 0.723. The highest BCUT2D eigenvalue weighted by molar-refractivity contribution is 6.30. The minimum absolute atomic E-state index is 0.00234. The van der Waals surface area contributed by atoms with E-state index in [0.29, 0.717) is 24.5 Å². The van der Waals surface area contributed by atoms with Gasteiger partial charge in [0.05, 0.1) is 0 Å². The van der Waals surface area contributed by atoms with E-state index in [2.05, 4.69) is 10.6 Å². The van der Waals surface area contributed by atoms with Crippen molar-refractivity contribution in [2.75, 3.05) is 18.4 Å². The lowest BCUT2D eigenvalue weighted by Crippen LogP contribution is -2.35. The molecule has 0 aromatic heterocycles. The molecule has 0 fully saturated rings. The Kier molecular flexibility index (Phi) is 5.80. The van der Waals surface area contributed by atoms with Crippen LogP contribution in [-0.4, -0.2) is 25.0 Å². The summed E-state index contributed by atoms with van der Waals surface area (Å²) in [5.41, 5.74) is 6.50. The number of nitrogens with one attached hydrogen (secondary N) is 2. The van der Waals surface area contributed by atoms with E-state index in [1.54, 1.807) is 6.07 Å². The Bertz CT molecular complexity index is 371. The number of hydrogen-bond donors (Lipinski definition) is 3. The van der Waals surface area contributed by atoms with E-state index in [-0.39, 0.29) is 11.9 Å². The van der Waals surface area contributed by atoms with Crippen LogP contribution in [0.2, 0.25) is 5.02 Å². The van der Waals surface area contributed by atoms with Crippen molar-refractivity contribution in [1.82, 2.24) is 5.32 Å². The molecule has 4 nitrogen and oxygen atoms in total. The molecule has 0 saturated heterocycles. The van der Waals surface area contributed by atoms with Crippen LogP contribution < -0.4 is 16.4 Å². The zero-order valence-electron chi connectivity index (χ0n) is 9.87. The van der Waals surface area contributed by atoms with Crippen molar-refractivity contribution in [2.24, 2.45) is 5.73 Å². The highest BCUT2D eigenvalue weighted by Gasteiger charge is 2.11. The van der Waals surface area contributed by atoms with Gasteiger partial charge >= 0.3 is 0 Å². The van der Waals surface area contributed by atoms with Crippen molar-refractivity contribution in [3.05, 3.63) is 29.3 Å². The van der Waals surface area contributed by atoms with Gasteiger partial charge in [-0.1, -0.05) is 17.7 Å². The maximum absolute atomic E-state index is 11.4. The van der Waals surface area contributed by atoms with Crippen LogP contribution in [0.15, 0.2) is 24.3 Å². The molecule has 1 aromatic rings. The van der Waals surface area contributed by atoms with Crippen molar-refractivity contribution in [1.29, 1.82) is 0 Å². The third-order valence-corrected chi connectivity index (χ3v) is 2.52. The van der Waals surface area contributed by atoms with Crippen LogP contribution >= 0.6 is 11.6 Å². The second-order valence-electron chi connectivity index (χ2n) is 3.74. The summed E-state index contributed by atoms with van der Waals surface area (Å²) in [6, 6.07) is 7.27. The molecule has 1 amide bonds. The predicted molar refractivity (Wildman–Crippen MR) is 71.2 cm³/mol. The molecule has 5 heteroatoms. The number of nitrogens with two attached hydrogens (primary N) is 1. The molecule has 1 atom stereocenters. The van der Waals surface area contributed by atoms with E-state index in [0.717, 1.165) is 5.69 Å². The number of carbonyl (C=O) groups excluding carboxylic acids is 1. The highest BCUT2D eigenvalue weighted by atomic mass is 35.5. The van der Waals surface area contributed by atoms with Gasteiger partial charge in [0.15, 0.2) is 0 Å². The van der Waals surface area contributed by atoms with Gasteiger partial charge in [-0.25, -0.2) is 0 Å². The molecule has 0 heterocycles. The fourth-order valence-electron chi connectivity index (χ4n) is 1.50. The Balaban J connectivity index is 2.54. The molecule has 0 radical (unpaired) electrons. The number of anilines is 1. The molecule has 0 aliphatic carbocycles. The third-order valence-electron chi connectivity index (χ3n) is 2.29. The molecule has 1 rings (SSSR count). The van der Waals surface area contributed by atoms with Gasteiger partial charge in [-0.2, -0.15) is 0 Å². The van der Waals surface area contributed by atoms with Crippen molar-refractivity contribution in [3.63, 3.8) is 0 Å². The van der Waals surface area contributed by atoms with E-state index >= 15 is 0 Å². The number of benzene rings is 1. The van der Waals surface area contributed by atoms with E-state index < -0.39 is 0 Å². The van der Waals surface area contributed by atoms with Crippen LogP contribution in [0.5, 0.6) is 0 Å². The van der Waals surface area contributed by atoms with Crippen LogP contribution in [0, 0.1) is 0 Å². The number of hydrogen-bond acceptors (Lipinski definition) is 3. The van der Waals surface area contributed by atoms with Gasteiger partial charge in [0.1, 0.15) is 0 Å². The van der Waals surface area contributed by atoms with Crippen molar-refractivity contribution in [3.8, 4) is 0 Å². The maximum atomic E-state index is 11.4. The van der Waals surface area contributed by atoms with Crippen LogP contribution in [0.1, 0.15) is 13.3 Å². The molecule has 17 heavy (non-hydrogen) atoms. The summed E-state index contributed by atoms with van der Waals surface area (Å²) in [5.74, 6) is -0.00234. The largest absolute Gasteiger partial charge is 0.380 e. The summed E-state index contributed by atoms with van der Waals surface area (Å²) in [5, 5.41) is 6.59. The first-order valence-corrected chi connectivity index (χ1v) is 6.02. The minimum atomic E-state index is -0.0833. The number of amides is 1. The Morgan fingerprint density at radius 2 is 2.29 bits per heavy atom. The standard InChI is InChI=1S/C12H18ClN3O/c1-2-15-12(17)7-11(8-14)16-10-5-3-4-9(13)6-10/h3-6,11,16H,2,7-8,14H2,1H3,(H,15,17). The van der Waals surface area contributed by atoms with E-state index in [1.807, 2.05) is 25.1 Å². The molecule has 1 aromatic carbocycles. The molecule has 0 spiro atoms. The number of halogens is 1. The van der Waals surface area contributed by atoms with Crippen molar-refractivity contribution in [2.45, 2.75) is 19.4 Å². The molecule has 0 bridgehead atoms. The van der Waals surface area contributed by atoms with Gasteiger partial charge in [-0.3, -0.25) is 4.79 Å². The number of carbonyl (C=O) groups is 1. The summed E-state index contributed by atoms with van der Waals surface area (Å²) < 4.78 is 0. The van der Waals surface area contributed by atoms with Crippen LogP contribution in [0.4, 0.5) is 5.69 Å². The van der Waals surface area contributed by atoms with Gasteiger partial charge in [0, 0.05) is 36.3 Å². The van der Waals surface area contributed by atoms with Crippen LogP contribution in [0.3, 0.4) is 0 Å². The lowest BCUT2D eigenvalue weighted by atomic mass is 10.2. The van der Waals surface area contributed by atoms with E-state index in [9.17, 15) is 4.79 Å². The van der Waals surface area contributed by atoms with Crippen molar-refractivity contribution >= 4 is 23.2 Å². The van der Waals surface area contributed by atoms with Gasteiger partial charge in [0.25, 0.3) is 0 Å². The Hall–Kier alpha value is -1.26. The summed E-state index contributed by atoms with van der Waals surface area (Å²) in [6.45, 7) is 2.91. The van der Waals surface area contributed by atoms with E-state index in [1.165, 1.54) is 0 Å². The Morgan fingerprint density at radius 1 is 1.53 bits per heavy atom. The minimum Gasteiger partial charge on any atom is -0.380 e. The van der Waals surface area contributed by atoms with Crippen molar-refractivity contribution < 1.29 is 4.79 Å². The molecular formula is C12H18ClN3O. The smallest absolute Gasteiger partial charge is 0.222 e. The zero-order valence-corrected chi connectivity index (χ0v) is 10.6. The average molecular weight is 256 g/mol. The topological polar surface area (TPSA) is 67.2 Å². The van der Waals surface area contributed by atoms with Crippen LogP contribution in [0.25, 0.3) is 0 Å². The third kappa shape index (κ3) is 5.06. The first kappa shape index (κ1) is 13.8. The SMILES string of the molecule is CCNC(=O)CC(CN)Nc1cccc(Cl)c1. The molecular weight excluding hydrogens is 238 g/mol. The van der Waals surface area contributed by atoms with Gasteiger partial charge in [-0.05, 0) is 25.1 Å². The van der Waals surface area contributed by atoms with E-state index in [4.69, 9.17) is 17.3 Å². The monoisotopic (exact) mass is 255 g/mol. The van der Waals surface area contributed by atoms with Crippen LogP contribution in [-0.2, 0) is 4.79 Å². The summed E-state index contributed by atoms with van der Waals surface area (Å²) in [6.07, 6.45) is 0.358. The number of rotatable bonds is 6. The molecule has 4 N–H and O–H groups in total. The predicted octanol–water partition coefficient (Wildman–Crippen LogP) is 1.61. The normalized spacial score (nSPS) is 11.9. The highest BCUT2D eigenvalue weighted by Crippen LogP contribution is 2.16. The lowest BCUT2D eigenvalue weighted by molar-refractivity contribution is -0.121. The fourth-order valence-corrected chi connectivity index (χ4v) is 1.69. The molecule has 94 valence electrons. The molecule has 0 aliphatic heterocycles. The summed E-state index contributed by atoms with van der Waals surface area (Å²) in [4.78, 5) is 11.4. The zero-order chi connectivity index (χ0) is 12.7. The second-order valence-corrected chi connectivity index (χ2v) is 4.18. The Morgan fingerprint density at radius 3 is 2.88 bits per heavy atom. The first-order chi connectivity index (χ1) is 8.15. The lowest BCUT2D eigenvalue weighted by Gasteiger charge is -2.17. The molecule has 1 unspecified atom stereocenters. The summed E-state index contributed by atoms with van der Waals surface area (Å²) in [7, 11) is 0.